The van der Waals surface area contributed by atoms with Crippen LogP contribution in [0.5, 0.6) is 5.75 Å². The molecule has 7 nitrogen and oxygen atoms in total. The van der Waals surface area contributed by atoms with E-state index in [-0.39, 0.29) is 18.1 Å². The number of aromatic nitrogens is 3. The van der Waals surface area contributed by atoms with Crippen LogP contribution >= 0.6 is 0 Å². The fourth-order valence-corrected chi connectivity index (χ4v) is 2.24. The smallest absolute Gasteiger partial charge is 0.252 e. The highest BCUT2D eigenvalue weighted by Gasteiger charge is 2.32. The fraction of sp³-hybridized carbons (Fsp3) is 0.357. The highest BCUT2D eigenvalue weighted by Crippen LogP contribution is 2.16. The van der Waals surface area contributed by atoms with Crippen LogP contribution < -0.4 is 10.1 Å². The lowest BCUT2D eigenvalue weighted by atomic mass is 10.1. The maximum absolute atomic E-state index is 12.3. The molecule has 0 unspecified atom stereocenters. The van der Waals surface area contributed by atoms with Crippen molar-refractivity contribution in [2.24, 2.45) is 0 Å². The standard InChI is InChI=1S/C14H16N4O3/c1-9-4-15-3-2-11(9)14(19)18-12-7-20-8-13(12)21-10-5-16-17-6-10/h2-6,12-13H,7-8H2,1H3,(H,16,17)(H,18,19)/t12-,13+/m0/s1. The lowest BCUT2D eigenvalue weighted by Crippen LogP contribution is -2.45. The Bertz CT molecular complexity index is 614. The minimum Gasteiger partial charge on any atom is -0.482 e. The molecule has 1 fully saturated rings. The molecule has 1 amide bonds. The maximum Gasteiger partial charge on any atom is 0.252 e. The van der Waals surface area contributed by atoms with E-state index in [2.05, 4.69) is 20.5 Å². The number of H-pyrrole nitrogens is 1. The normalized spacial score (nSPS) is 21.2. The van der Waals surface area contributed by atoms with Crippen molar-refractivity contribution < 1.29 is 14.3 Å². The molecule has 2 N–H and O–H groups in total. The first-order valence-corrected chi connectivity index (χ1v) is 6.68. The molecule has 21 heavy (non-hydrogen) atoms. The van der Waals surface area contributed by atoms with Crippen LogP contribution in [0.4, 0.5) is 0 Å². The number of nitrogens with one attached hydrogen (secondary N) is 2. The van der Waals surface area contributed by atoms with Gasteiger partial charge in [-0.15, -0.1) is 0 Å². The number of aromatic amines is 1. The quantitative estimate of drug-likeness (QED) is 0.864. The molecule has 2 aromatic heterocycles. The molecule has 1 saturated heterocycles. The number of aryl methyl sites for hydroxylation is 1. The van der Waals surface area contributed by atoms with Crippen molar-refractivity contribution in [3.63, 3.8) is 0 Å². The van der Waals surface area contributed by atoms with Gasteiger partial charge in [0.2, 0.25) is 0 Å². The second-order valence-corrected chi connectivity index (χ2v) is 4.90. The van der Waals surface area contributed by atoms with Crippen molar-refractivity contribution >= 4 is 5.91 Å². The molecule has 2 atom stereocenters. The van der Waals surface area contributed by atoms with Crippen LogP contribution in [0.15, 0.2) is 30.9 Å². The number of hydrogen-bond donors (Lipinski definition) is 2. The van der Waals surface area contributed by atoms with E-state index in [1.54, 1.807) is 30.9 Å². The van der Waals surface area contributed by atoms with Gasteiger partial charge in [-0.05, 0) is 18.6 Å². The Morgan fingerprint density at radius 1 is 1.48 bits per heavy atom. The largest absolute Gasteiger partial charge is 0.482 e. The summed E-state index contributed by atoms with van der Waals surface area (Å²) in [5, 5.41) is 9.46. The van der Waals surface area contributed by atoms with Gasteiger partial charge in [0.1, 0.15) is 6.10 Å². The first-order chi connectivity index (χ1) is 10.2. The third-order valence-electron chi connectivity index (χ3n) is 3.37. The number of carbonyl (C=O) groups is 1. The van der Waals surface area contributed by atoms with E-state index in [0.29, 0.717) is 24.5 Å². The van der Waals surface area contributed by atoms with Gasteiger partial charge in [-0.2, -0.15) is 5.10 Å². The SMILES string of the molecule is Cc1cnccc1C(=O)N[C@H]1COC[C@H]1Oc1cn[nH]c1. The van der Waals surface area contributed by atoms with Gasteiger partial charge in [0, 0.05) is 18.0 Å². The molecule has 0 aromatic carbocycles. The zero-order chi connectivity index (χ0) is 14.7. The minimum absolute atomic E-state index is 0.147. The topological polar surface area (TPSA) is 89.1 Å². The van der Waals surface area contributed by atoms with Crippen molar-refractivity contribution in [1.82, 2.24) is 20.5 Å². The number of nitrogens with zero attached hydrogens (tertiary/aromatic N) is 2. The molecular formula is C14H16N4O3. The van der Waals surface area contributed by atoms with Gasteiger partial charge in [0.05, 0.1) is 31.6 Å². The number of rotatable bonds is 4. The second-order valence-electron chi connectivity index (χ2n) is 4.90. The van der Waals surface area contributed by atoms with Gasteiger partial charge in [-0.1, -0.05) is 0 Å². The minimum atomic E-state index is -0.228. The third kappa shape index (κ3) is 3.03. The lowest BCUT2D eigenvalue weighted by molar-refractivity contribution is 0.0903. The summed E-state index contributed by atoms with van der Waals surface area (Å²) in [4.78, 5) is 16.3. The molecule has 0 bridgehead atoms. The van der Waals surface area contributed by atoms with E-state index in [1.165, 1.54) is 0 Å². The molecule has 3 heterocycles. The summed E-state index contributed by atoms with van der Waals surface area (Å²) in [5.74, 6) is 0.482. The van der Waals surface area contributed by atoms with Crippen molar-refractivity contribution in [2.75, 3.05) is 13.2 Å². The Morgan fingerprint density at radius 2 is 2.38 bits per heavy atom. The van der Waals surface area contributed by atoms with E-state index in [4.69, 9.17) is 9.47 Å². The van der Waals surface area contributed by atoms with E-state index in [0.717, 1.165) is 5.56 Å². The average Bonchev–Trinajstić information content (AvgIpc) is 3.12. The molecule has 0 aliphatic carbocycles. The van der Waals surface area contributed by atoms with Gasteiger partial charge in [-0.3, -0.25) is 14.9 Å². The van der Waals surface area contributed by atoms with Crippen molar-refractivity contribution in [3.8, 4) is 5.75 Å². The Labute approximate surface area is 121 Å². The van der Waals surface area contributed by atoms with E-state index >= 15 is 0 Å². The summed E-state index contributed by atoms with van der Waals surface area (Å²) < 4.78 is 11.2. The van der Waals surface area contributed by atoms with E-state index in [1.807, 2.05) is 6.92 Å². The van der Waals surface area contributed by atoms with Gasteiger partial charge < -0.3 is 14.8 Å². The van der Waals surface area contributed by atoms with Crippen molar-refractivity contribution in [2.45, 2.75) is 19.1 Å². The molecule has 110 valence electrons. The molecule has 2 aromatic rings. The summed E-state index contributed by atoms with van der Waals surface area (Å²) in [7, 11) is 0. The highest BCUT2D eigenvalue weighted by molar-refractivity contribution is 5.95. The average molecular weight is 288 g/mol. The predicted octanol–water partition coefficient (Wildman–Crippen LogP) is 0.689. The van der Waals surface area contributed by atoms with Crippen LogP contribution in [-0.4, -0.2) is 46.4 Å². The predicted molar refractivity (Wildman–Crippen MR) is 74.1 cm³/mol. The van der Waals surface area contributed by atoms with Gasteiger partial charge in [-0.25, -0.2) is 0 Å². The number of ether oxygens (including phenoxy) is 2. The molecular weight excluding hydrogens is 272 g/mol. The molecule has 1 aliphatic heterocycles. The fourth-order valence-electron chi connectivity index (χ4n) is 2.24. The number of pyridine rings is 1. The monoisotopic (exact) mass is 288 g/mol. The van der Waals surface area contributed by atoms with Crippen LogP contribution in [0.25, 0.3) is 0 Å². The lowest BCUT2D eigenvalue weighted by Gasteiger charge is -2.20. The molecule has 3 rings (SSSR count). The summed E-state index contributed by atoms with van der Waals surface area (Å²) in [6.45, 7) is 2.72. The highest BCUT2D eigenvalue weighted by atomic mass is 16.5. The Balaban J connectivity index is 1.66. The van der Waals surface area contributed by atoms with Crippen LogP contribution in [0.3, 0.4) is 0 Å². The maximum atomic E-state index is 12.3. The Morgan fingerprint density at radius 3 is 3.14 bits per heavy atom. The molecule has 7 heteroatoms. The van der Waals surface area contributed by atoms with Crippen molar-refractivity contribution in [1.29, 1.82) is 0 Å². The first-order valence-electron chi connectivity index (χ1n) is 6.68. The summed E-state index contributed by atoms with van der Waals surface area (Å²) in [5.41, 5.74) is 1.44. The summed E-state index contributed by atoms with van der Waals surface area (Å²) in [6.07, 6.45) is 6.29. The zero-order valence-corrected chi connectivity index (χ0v) is 11.6. The molecule has 0 spiro atoms. The molecule has 0 radical (unpaired) electrons. The molecule has 1 aliphatic rings. The van der Waals surface area contributed by atoms with E-state index < -0.39 is 0 Å². The van der Waals surface area contributed by atoms with Gasteiger partial charge >= 0.3 is 0 Å². The number of hydrogen-bond acceptors (Lipinski definition) is 5. The van der Waals surface area contributed by atoms with Gasteiger partial charge in [0.15, 0.2) is 5.75 Å². The van der Waals surface area contributed by atoms with Crippen LogP contribution in [0.1, 0.15) is 15.9 Å². The summed E-state index contributed by atoms with van der Waals surface area (Å²) >= 11 is 0. The Hall–Kier alpha value is -2.41. The Kier molecular flexibility index (Phi) is 3.83. The van der Waals surface area contributed by atoms with Gasteiger partial charge in [0.25, 0.3) is 5.91 Å². The van der Waals surface area contributed by atoms with E-state index in [9.17, 15) is 4.79 Å². The van der Waals surface area contributed by atoms with Crippen LogP contribution in [0, 0.1) is 6.92 Å². The third-order valence-corrected chi connectivity index (χ3v) is 3.37. The molecule has 0 saturated carbocycles. The summed E-state index contributed by atoms with van der Waals surface area (Å²) in [6, 6.07) is 1.51. The number of carbonyl (C=O) groups excluding carboxylic acids is 1. The van der Waals surface area contributed by atoms with Crippen LogP contribution in [0.2, 0.25) is 0 Å². The van der Waals surface area contributed by atoms with Crippen LogP contribution in [-0.2, 0) is 4.74 Å². The zero-order valence-electron chi connectivity index (χ0n) is 11.6. The second kappa shape index (κ2) is 5.92. The van der Waals surface area contributed by atoms with Crippen molar-refractivity contribution in [3.05, 3.63) is 42.0 Å². The first kappa shape index (κ1) is 13.6. The number of amides is 1.